The Morgan fingerprint density at radius 3 is 2.44 bits per heavy atom. The summed E-state index contributed by atoms with van der Waals surface area (Å²) in [5, 5.41) is 3.51. The van der Waals surface area contributed by atoms with Crippen molar-refractivity contribution < 1.29 is 4.79 Å². The minimum atomic E-state index is 0.0476. The van der Waals surface area contributed by atoms with Crippen LogP contribution in [0.2, 0.25) is 0 Å². The van der Waals surface area contributed by atoms with Crippen molar-refractivity contribution in [3.8, 4) is 0 Å². The average molecular weight is 252 g/mol. The summed E-state index contributed by atoms with van der Waals surface area (Å²) >= 11 is 0. The highest BCUT2D eigenvalue weighted by Gasteiger charge is 2.45. The number of nitrogens with one attached hydrogen (secondary N) is 1. The lowest BCUT2D eigenvalue weighted by atomic mass is 9.66. The van der Waals surface area contributed by atoms with Gasteiger partial charge >= 0.3 is 0 Å². The lowest BCUT2D eigenvalue weighted by Crippen LogP contribution is -2.49. The van der Waals surface area contributed by atoms with E-state index in [1.54, 1.807) is 0 Å². The van der Waals surface area contributed by atoms with E-state index in [1.165, 1.54) is 25.7 Å². The Morgan fingerprint density at radius 2 is 2.06 bits per heavy atom. The van der Waals surface area contributed by atoms with Crippen molar-refractivity contribution in [3.63, 3.8) is 0 Å². The molecule has 104 valence electrons. The molecule has 1 amide bonds. The van der Waals surface area contributed by atoms with Crippen molar-refractivity contribution in [3.05, 3.63) is 0 Å². The molecule has 1 aliphatic carbocycles. The Labute approximate surface area is 111 Å². The fourth-order valence-corrected chi connectivity index (χ4v) is 3.39. The van der Waals surface area contributed by atoms with Crippen molar-refractivity contribution in [2.24, 2.45) is 11.3 Å². The van der Waals surface area contributed by atoms with E-state index in [4.69, 9.17) is 0 Å². The molecule has 1 heterocycles. The molecular formula is C15H28N2O. The third kappa shape index (κ3) is 2.29. The monoisotopic (exact) mass is 252 g/mol. The molecule has 0 spiro atoms. The van der Waals surface area contributed by atoms with Gasteiger partial charge in [0, 0.05) is 6.54 Å². The van der Waals surface area contributed by atoms with Crippen LogP contribution in [-0.4, -0.2) is 29.6 Å². The maximum absolute atomic E-state index is 12.4. The summed E-state index contributed by atoms with van der Waals surface area (Å²) in [4.78, 5) is 14.6. The van der Waals surface area contributed by atoms with Gasteiger partial charge in [-0.2, -0.15) is 0 Å². The van der Waals surface area contributed by atoms with Crippen molar-refractivity contribution in [2.45, 2.75) is 72.0 Å². The third-order valence-corrected chi connectivity index (χ3v) is 5.00. The fourth-order valence-electron chi connectivity index (χ4n) is 3.39. The van der Waals surface area contributed by atoms with Crippen LogP contribution < -0.4 is 5.32 Å². The van der Waals surface area contributed by atoms with E-state index in [9.17, 15) is 4.79 Å². The zero-order valence-corrected chi connectivity index (χ0v) is 12.3. The molecule has 2 rings (SSSR count). The van der Waals surface area contributed by atoms with Crippen LogP contribution in [0.5, 0.6) is 0 Å². The summed E-state index contributed by atoms with van der Waals surface area (Å²) in [5.74, 6) is 0.815. The van der Waals surface area contributed by atoms with Crippen molar-refractivity contribution >= 4 is 5.91 Å². The standard InChI is InChI=1S/C15H28N2O/c1-5-12-14(18)17(13(16-12)11(3)4)10-15(6-2)8-7-9-15/h11-13,16H,5-10H2,1-4H3. The highest BCUT2D eigenvalue weighted by Crippen LogP contribution is 2.45. The second-order valence-electron chi connectivity index (χ2n) is 6.49. The van der Waals surface area contributed by atoms with Crippen LogP contribution in [0.15, 0.2) is 0 Å². The smallest absolute Gasteiger partial charge is 0.241 e. The van der Waals surface area contributed by atoms with Gasteiger partial charge in [-0.05, 0) is 37.0 Å². The number of hydrogen-bond donors (Lipinski definition) is 1. The fraction of sp³-hybridized carbons (Fsp3) is 0.933. The largest absolute Gasteiger partial charge is 0.325 e. The molecule has 1 aliphatic heterocycles. The summed E-state index contributed by atoms with van der Waals surface area (Å²) < 4.78 is 0. The summed E-state index contributed by atoms with van der Waals surface area (Å²) in [5.41, 5.74) is 0.424. The molecular weight excluding hydrogens is 224 g/mol. The Balaban J connectivity index is 2.10. The second kappa shape index (κ2) is 5.20. The summed E-state index contributed by atoms with van der Waals surface area (Å²) in [7, 11) is 0. The normalized spacial score (nSPS) is 30.9. The van der Waals surface area contributed by atoms with E-state index in [-0.39, 0.29) is 12.2 Å². The SMILES string of the molecule is CCC1NC(C(C)C)N(CC2(CC)CCC2)C1=O. The van der Waals surface area contributed by atoms with E-state index in [2.05, 4.69) is 37.9 Å². The van der Waals surface area contributed by atoms with Gasteiger partial charge in [0.15, 0.2) is 0 Å². The summed E-state index contributed by atoms with van der Waals surface area (Å²) in [6, 6.07) is 0.0476. The Hall–Kier alpha value is -0.570. The zero-order valence-electron chi connectivity index (χ0n) is 12.3. The van der Waals surface area contributed by atoms with Crippen LogP contribution in [0.1, 0.15) is 59.8 Å². The molecule has 0 aromatic carbocycles. The third-order valence-electron chi connectivity index (χ3n) is 5.00. The van der Waals surface area contributed by atoms with Gasteiger partial charge in [0.2, 0.25) is 5.91 Å². The minimum Gasteiger partial charge on any atom is -0.325 e. The highest BCUT2D eigenvalue weighted by molar-refractivity contribution is 5.84. The molecule has 2 fully saturated rings. The molecule has 2 unspecified atom stereocenters. The van der Waals surface area contributed by atoms with Gasteiger partial charge in [-0.3, -0.25) is 10.1 Å². The molecule has 3 heteroatoms. The molecule has 1 N–H and O–H groups in total. The molecule has 0 aromatic rings. The second-order valence-corrected chi connectivity index (χ2v) is 6.49. The van der Waals surface area contributed by atoms with E-state index in [0.29, 0.717) is 17.2 Å². The topological polar surface area (TPSA) is 32.3 Å². The van der Waals surface area contributed by atoms with E-state index in [0.717, 1.165) is 13.0 Å². The van der Waals surface area contributed by atoms with Crippen LogP contribution >= 0.6 is 0 Å². The Morgan fingerprint density at radius 1 is 1.39 bits per heavy atom. The van der Waals surface area contributed by atoms with Gasteiger partial charge in [0.05, 0.1) is 12.2 Å². The molecule has 2 aliphatic rings. The van der Waals surface area contributed by atoms with Gasteiger partial charge in [-0.15, -0.1) is 0 Å². The number of carbonyl (C=O) groups is 1. The first kappa shape index (κ1) is 13.9. The molecule has 2 atom stereocenters. The number of nitrogens with zero attached hydrogens (tertiary/aromatic N) is 1. The molecule has 0 radical (unpaired) electrons. The first-order chi connectivity index (χ1) is 8.53. The zero-order chi connectivity index (χ0) is 13.3. The minimum absolute atomic E-state index is 0.0476. The maximum Gasteiger partial charge on any atom is 0.241 e. The van der Waals surface area contributed by atoms with Crippen molar-refractivity contribution in [1.82, 2.24) is 10.2 Å². The van der Waals surface area contributed by atoms with Gasteiger partial charge < -0.3 is 4.90 Å². The van der Waals surface area contributed by atoms with Crippen LogP contribution in [0.25, 0.3) is 0 Å². The van der Waals surface area contributed by atoms with Crippen LogP contribution in [0.3, 0.4) is 0 Å². The number of rotatable bonds is 5. The van der Waals surface area contributed by atoms with E-state index in [1.807, 2.05) is 0 Å². The van der Waals surface area contributed by atoms with E-state index >= 15 is 0 Å². The van der Waals surface area contributed by atoms with Crippen LogP contribution in [0.4, 0.5) is 0 Å². The lowest BCUT2D eigenvalue weighted by molar-refractivity contribution is -0.133. The Bertz CT molecular complexity index is 304. The number of amides is 1. The predicted octanol–water partition coefficient (Wildman–Crippen LogP) is 2.76. The molecule has 3 nitrogen and oxygen atoms in total. The number of hydrogen-bond acceptors (Lipinski definition) is 2. The highest BCUT2D eigenvalue weighted by atomic mass is 16.2. The first-order valence-electron chi connectivity index (χ1n) is 7.59. The predicted molar refractivity (Wildman–Crippen MR) is 74.1 cm³/mol. The summed E-state index contributed by atoms with van der Waals surface area (Å²) in [6.07, 6.45) is 6.29. The van der Waals surface area contributed by atoms with Gasteiger partial charge in [-0.1, -0.05) is 34.1 Å². The van der Waals surface area contributed by atoms with Crippen LogP contribution in [-0.2, 0) is 4.79 Å². The van der Waals surface area contributed by atoms with Gasteiger partial charge in [0.1, 0.15) is 0 Å². The molecule has 1 saturated carbocycles. The van der Waals surface area contributed by atoms with E-state index < -0.39 is 0 Å². The summed E-state index contributed by atoms with van der Waals surface area (Å²) in [6.45, 7) is 9.74. The molecule has 0 bridgehead atoms. The van der Waals surface area contributed by atoms with Crippen molar-refractivity contribution in [1.29, 1.82) is 0 Å². The van der Waals surface area contributed by atoms with Crippen molar-refractivity contribution in [2.75, 3.05) is 6.54 Å². The first-order valence-corrected chi connectivity index (χ1v) is 7.59. The lowest BCUT2D eigenvalue weighted by Gasteiger charge is -2.45. The van der Waals surface area contributed by atoms with Crippen LogP contribution in [0, 0.1) is 11.3 Å². The van der Waals surface area contributed by atoms with Gasteiger partial charge in [0.25, 0.3) is 0 Å². The molecule has 0 aromatic heterocycles. The number of carbonyl (C=O) groups excluding carboxylic acids is 1. The molecule has 1 saturated heterocycles. The Kier molecular flexibility index (Phi) is 4.00. The van der Waals surface area contributed by atoms with Gasteiger partial charge in [-0.25, -0.2) is 0 Å². The molecule has 18 heavy (non-hydrogen) atoms. The average Bonchev–Trinajstić information content (AvgIpc) is 2.61. The maximum atomic E-state index is 12.4. The quantitative estimate of drug-likeness (QED) is 0.816.